The van der Waals surface area contributed by atoms with Crippen LogP contribution in [0.3, 0.4) is 0 Å². The van der Waals surface area contributed by atoms with Gasteiger partial charge >= 0.3 is 68.4 Å². The zero-order valence-corrected chi connectivity index (χ0v) is 14.3. The summed E-state index contributed by atoms with van der Waals surface area (Å²) in [5.41, 5.74) is 0. The molecule has 0 aromatic carbocycles. The van der Waals surface area contributed by atoms with Crippen molar-refractivity contribution in [2.45, 2.75) is 0 Å². The topological polar surface area (TPSA) is 126 Å². The van der Waals surface area contributed by atoms with E-state index in [0.29, 0.717) is 0 Å². The van der Waals surface area contributed by atoms with Crippen LogP contribution in [0.5, 0.6) is 0 Å². The molecule has 0 N–H and O–H groups in total. The zero-order chi connectivity index (χ0) is 7.15. The molecule has 0 radical (unpaired) electrons. The Labute approximate surface area is 113 Å². The first-order valence-corrected chi connectivity index (χ1v) is 3.67. The van der Waals surface area contributed by atoms with E-state index in [1.54, 1.807) is 0 Å². The van der Waals surface area contributed by atoms with Crippen LogP contribution in [0.1, 0.15) is 0 Å². The van der Waals surface area contributed by atoms with Gasteiger partial charge in [-0.3, -0.25) is 0 Å². The third-order valence-electron chi connectivity index (χ3n) is 0. The second-order valence-electron chi connectivity index (χ2n) is 0.500. The Kier molecular flexibility index (Phi) is 37.8. The van der Waals surface area contributed by atoms with Crippen LogP contribution in [0.2, 0.25) is 0 Å². The molecule has 0 bridgehead atoms. The summed E-state index contributed by atoms with van der Waals surface area (Å²) in [6, 6.07) is 0. The van der Waals surface area contributed by atoms with Crippen LogP contribution in [-0.2, 0) is 28.4 Å². The van der Waals surface area contributed by atoms with Gasteiger partial charge in [0.1, 0.15) is 0 Å². The summed E-state index contributed by atoms with van der Waals surface area (Å²) in [6.07, 6.45) is 0. The summed E-state index contributed by atoms with van der Waals surface area (Å²) >= 11 is 0. The molecule has 0 unspecified atom stereocenters. The molecule has 0 aromatic rings. The molecule has 0 rings (SSSR count). The molecule has 10 heavy (non-hydrogen) atoms. The third-order valence-corrected chi connectivity index (χ3v) is 0. The van der Waals surface area contributed by atoms with Crippen LogP contribution in [0.15, 0.2) is 0 Å². The van der Waals surface area contributed by atoms with E-state index in [1.165, 1.54) is 0 Å². The van der Waals surface area contributed by atoms with Crippen molar-refractivity contribution in [3.05, 3.63) is 0 Å². The van der Waals surface area contributed by atoms with E-state index in [0.717, 1.165) is 0 Å². The van der Waals surface area contributed by atoms with Crippen LogP contribution in [0, 0.1) is 0 Å². The second kappa shape index (κ2) is 16.8. The molecule has 0 aliphatic carbocycles. The van der Waals surface area contributed by atoms with Crippen molar-refractivity contribution in [3.63, 3.8) is 0 Å². The maximum atomic E-state index is 8.52. The molecule has 0 aromatic heterocycles. The first-order valence-electron chi connectivity index (χ1n) is 1.22. The van der Waals surface area contributed by atoms with Gasteiger partial charge in [0, 0.05) is 18.3 Å². The number of hydrogen-bond acceptors (Lipinski definition) is 6. The Hall–Kier alpha value is 1.43. The van der Waals surface area contributed by atoms with Gasteiger partial charge in [-0.25, -0.2) is 0 Å². The maximum Gasteiger partial charge on any atom is 2.00 e. The van der Waals surface area contributed by atoms with E-state index in [9.17, 15) is 0 Å². The van der Waals surface area contributed by atoms with Crippen LogP contribution < -0.4 is 19.2 Å². The molecule has 6 nitrogen and oxygen atoms in total. The predicted octanol–water partition coefficient (Wildman–Crippen LogP) is -6.14. The molecule has 0 spiro atoms. The molecular weight excluding hydrogens is 355 g/mol. The summed E-state index contributed by atoms with van der Waals surface area (Å²) in [5, 5.41) is 0. The van der Waals surface area contributed by atoms with Crippen molar-refractivity contribution in [3.8, 4) is 0 Å². The fourth-order valence-corrected chi connectivity index (χ4v) is 0. The van der Waals surface area contributed by atoms with Gasteiger partial charge in [-0.2, -0.15) is 0 Å². The molecule has 0 aliphatic rings. The van der Waals surface area contributed by atoms with Gasteiger partial charge in [-0.05, 0) is 0 Å². The first-order chi connectivity index (χ1) is 3.46. The Morgan fingerprint density at radius 3 is 0.800 bits per heavy atom. The molecular formula is BaO6Si2Zn. The Morgan fingerprint density at radius 2 is 0.800 bits per heavy atom. The molecule has 0 amide bonds. The van der Waals surface area contributed by atoms with E-state index in [4.69, 9.17) is 28.1 Å². The van der Waals surface area contributed by atoms with Gasteiger partial charge < -0.3 is 28.1 Å². The molecule has 0 saturated carbocycles. The van der Waals surface area contributed by atoms with Crippen molar-refractivity contribution in [2.75, 3.05) is 0 Å². The minimum atomic E-state index is -3.63. The van der Waals surface area contributed by atoms with E-state index >= 15 is 0 Å². The molecule has 0 heterocycles. The van der Waals surface area contributed by atoms with Crippen molar-refractivity contribution in [1.29, 1.82) is 0 Å². The maximum absolute atomic E-state index is 8.52. The summed E-state index contributed by atoms with van der Waals surface area (Å²) in [4.78, 5) is 34.1. The third kappa shape index (κ3) is 328. The van der Waals surface area contributed by atoms with Gasteiger partial charge in [0.25, 0.3) is 0 Å². The average molecular weight is 355 g/mol. The summed E-state index contributed by atoms with van der Waals surface area (Å²) < 4.78 is 17.0. The molecule has 48 valence electrons. The molecule has 10 heteroatoms. The standard InChI is InChI=1S/Ba.2O3Si.Zn/c;2*1-4(2)3;/q+2;2*-2;+2. The molecule has 0 atom stereocenters. The Bertz CT molecular complexity index is 73.7. The van der Waals surface area contributed by atoms with E-state index < -0.39 is 18.3 Å². The largest absolute Gasteiger partial charge is 2.00 e. The molecule has 0 aliphatic heterocycles. The van der Waals surface area contributed by atoms with Crippen LogP contribution in [0.25, 0.3) is 0 Å². The Morgan fingerprint density at radius 1 is 0.800 bits per heavy atom. The second-order valence-corrected chi connectivity index (χ2v) is 1.50. The molecule has 0 saturated heterocycles. The van der Waals surface area contributed by atoms with E-state index in [-0.39, 0.29) is 68.4 Å². The van der Waals surface area contributed by atoms with Crippen molar-refractivity contribution < 1.29 is 47.6 Å². The monoisotopic (exact) mass is 354 g/mol. The van der Waals surface area contributed by atoms with Gasteiger partial charge in [-0.15, -0.1) is 0 Å². The summed E-state index contributed by atoms with van der Waals surface area (Å²) in [5.74, 6) is 0. The zero-order valence-electron chi connectivity index (χ0n) is 4.86. The average Bonchev–Trinajstić information content (AvgIpc) is 1.25. The van der Waals surface area contributed by atoms with Crippen LogP contribution >= 0.6 is 0 Å². The van der Waals surface area contributed by atoms with Gasteiger partial charge in [-0.1, -0.05) is 0 Å². The fourth-order valence-electron chi connectivity index (χ4n) is 0. The van der Waals surface area contributed by atoms with Crippen LogP contribution in [0.4, 0.5) is 0 Å². The van der Waals surface area contributed by atoms with Gasteiger partial charge in [0.05, 0.1) is 0 Å². The van der Waals surface area contributed by atoms with E-state index in [2.05, 4.69) is 0 Å². The Balaban J connectivity index is -0.0000000300. The predicted molar refractivity (Wildman–Crippen MR) is 18.6 cm³/mol. The minimum absolute atomic E-state index is 0. The van der Waals surface area contributed by atoms with Gasteiger partial charge in [0.15, 0.2) is 0 Å². The number of hydrogen-bond donors (Lipinski definition) is 0. The van der Waals surface area contributed by atoms with Crippen molar-refractivity contribution in [1.82, 2.24) is 0 Å². The van der Waals surface area contributed by atoms with E-state index in [1.807, 2.05) is 0 Å². The minimum Gasteiger partial charge on any atom is -0.672 e. The number of rotatable bonds is 0. The summed E-state index contributed by atoms with van der Waals surface area (Å²) in [6.45, 7) is 0. The molecule has 0 fully saturated rings. The van der Waals surface area contributed by atoms with Crippen LogP contribution in [-0.4, -0.2) is 67.2 Å². The van der Waals surface area contributed by atoms with Crippen molar-refractivity contribution >= 4 is 67.2 Å². The van der Waals surface area contributed by atoms with Gasteiger partial charge in [0.2, 0.25) is 0 Å². The van der Waals surface area contributed by atoms with Crippen molar-refractivity contribution in [2.24, 2.45) is 0 Å². The smallest absolute Gasteiger partial charge is 0.672 e. The summed E-state index contributed by atoms with van der Waals surface area (Å²) in [7, 11) is -7.26. The SMILES string of the molecule is O=[Si]([O-])[O-].O=[Si]([O-])[O-].[Ba+2].[Zn+2]. The normalized spacial score (nSPS) is 4.80. The fraction of sp³-hybridized carbons (Fsp3) is 0. The first kappa shape index (κ1) is 22.5. The quantitative estimate of drug-likeness (QED) is 0.398.